The first-order valence-electron chi connectivity index (χ1n) is 7.87. The fourth-order valence-electron chi connectivity index (χ4n) is 2.71. The Morgan fingerprint density at radius 3 is 2.75 bits per heavy atom. The Labute approximate surface area is 140 Å². The Hall–Kier alpha value is -3.02. The van der Waals surface area contributed by atoms with Crippen LogP contribution in [0.2, 0.25) is 0 Å². The van der Waals surface area contributed by atoms with Gasteiger partial charge in [0.25, 0.3) is 0 Å². The third-order valence-electron chi connectivity index (χ3n) is 3.81. The summed E-state index contributed by atoms with van der Waals surface area (Å²) < 4.78 is 0. The Morgan fingerprint density at radius 1 is 1.12 bits per heavy atom. The van der Waals surface area contributed by atoms with E-state index in [1.807, 2.05) is 60.4 Å². The summed E-state index contributed by atoms with van der Waals surface area (Å²) >= 11 is 0. The maximum absolute atomic E-state index is 12.3. The number of carbonyl (C=O) groups excluding carboxylic acids is 2. The van der Waals surface area contributed by atoms with E-state index in [0.29, 0.717) is 18.8 Å². The number of nitrogens with one attached hydrogen (secondary N) is 3. The number of benzene rings is 2. The summed E-state index contributed by atoms with van der Waals surface area (Å²) in [4.78, 5) is 25.8. The van der Waals surface area contributed by atoms with Crippen LogP contribution in [0.25, 0.3) is 0 Å². The van der Waals surface area contributed by atoms with Crippen molar-refractivity contribution in [3.63, 3.8) is 0 Å². The highest BCUT2D eigenvalue weighted by atomic mass is 16.2. The molecule has 1 heterocycles. The fraction of sp³-hybridized carbons (Fsp3) is 0.222. The van der Waals surface area contributed by atoms with Gasteiger partial charge in [-0.25, -0.2) is 4.79 Å². The molecule has 1 aliphatic heterocycles. The van der Waals surface area contributed by atoms with Crippen LogP contribution in [-0.4, -0.2) is 31.6 Å². The van der Waals surface area contributed by atoms with E-state index in [2.05, 4.69) is 16.0 Å². The van der Waals surface area contributed by atoms with Gasteiger partial charge in [0.1, 0.15) is 0 Å². The zero-order chi connectivity index (χ0) is 16.9. The molecule has 0 bridgehead atoms. The van der Waals surface area contributed by atoms with Gasteiger partial charge in [0.15, 0.2) is 0 Å². The van der Waals surface area contributed by atoms with Gasteiger partial charge in [-0.1, -0.05) is 24.3 Å². The van der Waals surface area contributed by atoms with Crippen LogP contribution in [0.15, 0.2) is 48.5 Å². The standard InChI is InChI=1S/C18H20N4O2/c1-13-5-4-6-14(11-13)20-18(24)21-15-7-2-3-8-16(15)22-10-9-19-17(23)12-22/h2-8,11H,9-10,12H2,1H3,(H,19,23)(H2,20,21,24). The van der Waals surface area contributed by atoms with Crippen LogP contribution in [0.4, 0.5) is 21.9 Å². The third-order valence-corrected chi connectivity index (χ3v) is 3.81. The van der Waals surface area contributed by atoms with Gasteiger partial charge in [-0.15, -0.1) is 0 Å². The molecule has 3 rings (SSSR count). The zero-order valence-corrected chi connectivity index (χ0v) is 13.5. The lowest BCUT2D eigenvalue weighted by Gasteiger charge is -2.30. The summed E-state index contributed by atoms with van der Waals surface area (Å²) in [7, 11) is 0. The molecule has 2 aromatic rings. The van der Waals surface area contributed by atoms with E-state index in [1.54, 1.807) is 0 Å². The van der Waals surface area contributed by atoms with E-state index in [9.17, 15) is 9.59 Å². The van der Waals surface area contributed by atoms with Crippen molar-refractivity contribution in [1.29, 1.82) is 0 Å². The first kappa shape index (κ1) is 15.9. The molecule has 124 valence electrons. The van der Waals surface area contributed by atoms with Crippen LogP contribution < -0.4 is 20.9 Å². The van der Waals surface area contributed by atoms with E-state index in [1.165, 1.54) is 0 Å². The number of rotatable bonds is 3. The summed E-state index contributed by atoms with van der Waals surface area (Å²) in [6.07, 6.45) is 0. The molecule has 0 spiro atoms. The highest BCUT2D eigenvalue weighted by Crippen LogP contribution is 2.26. The molecule has 2 aromatic carbocycles. The predicted molar refractivity (Wildman–Crippen MR) is 95.5 cm³/mol. The fourth-order valence-corrected chi connectivity index (χ4v) is 2.71. The first-order valence-corrected chi connectivity index (χ1v) is 7.87. The molecule has 1 fully saturated rings. The lowest BCUT2D eigenvalue weighted by atomic mass is 10.2. The normalized spacial score (nSPS) is 14.0. The Bertz CT molecular complexity index is 760. The van der Waals surface area contributed by atoms with E-state index < -0.39 is 0 Å². The second-order valence-corrected chi connectivity index (χ2v) is 5.74. The van der Waals surface area contributed by atoms with E-state index in [0.717, 1.165) is 16.9 Å². The number of para-hydroxylation sites is 2. The lowest BCUT2D eigenvalue weighted by Crippen LogP contribution is -2.48. The number of nitrogens with zero attached hydrogens (tertiary/aromatic N) is 1. The summed E-state index contributed by atoms with van der Waals surface area (Å²) in [5.41, 5.74) is 3.33. The van der Waals surface area contributed by atoms with E-state index in [4.69, 9.17) is 0 Å². The number of piperazine rings is 1. The topological polar surface area (TPSA) is 73.5 Å². The Morgan fingerprint density at radius 2 is 1.96 bits per heavy atom. The molecular formula is C18H20N4O2. The molecule has 24 heavy (non-hydrogen) atoms. The summed E-state index contributed by atoms with van der Waals surface area (Å²) in [5.74, 6) is -0.0136. The quantitative estimate of drug-likeness (QED) is 0.812. The van der Waals surface area contributed by atoms with Crippen molar-refractivity contribution in [2.45, 2.75) is 6.92 Å². The molecule has 1 aliphatic rings. The number of anilines is 3. The largest absolute Gasteiger partial charge is 0.359 e. The summed E-state index contributed by atoms with van der Waals surface area (Å²) in [6, 6.07) is 14.8. The van der Waals surface area contributed by atoms with Crippen LogP contribution in [0.5, 0.6) is 0 Å². The Kier molecular flexibility index (Phi) is 4.65. The lowest BCUT2D eigenvalue weighted by molar-refractivity contribution is -0.120. The van der Waals surface area contributed by atoms with Crippen molar-refractivity contribution in [2.75, 3.05) is 35.2 Å². The molecule has 3 amide bonds. The van der Waals surface area contributed by atoms with E-state index in [-0.39, 0.29) is 18.5 Å². The van der Waals surface area contributed by atoms with Gasteiger partial charge in [-0.05, 0) is 36.8 Å². The number of aryl methyl sites for hydroxylation is 1. The molecule has 0 aromatic heterocycles. The Balaban J connectivity index is 1.73. The van der Waals surface area contributed by atoms with Crippen molar-refractivity contribution in [1.82, 2.24) is 5.32 Å². The first-order chi connectivity index (χ1) is 11.6. The van der Waals surface area contributed by atoms with Gasteiger partial charge in [-0.3, -0.25) is 4.79 Å². The predicted octanol–water partition coefficient (Wildman–Crippen LogP) is 2.58. The minimum Gasteiger partial charge on any atom is -0.359 e. The number of amides is 3. The second-order valence-electron chi connectivity index (χ2n) is 5.74. The maximum atomic E-state index is 12.3. The number of urea groups is 1. The monoisotopic (exact) mass is 324 g/mol. The molecule has 1 saturated heterocycles. The molecule has 0 atom stereocenters. The number of hydrogen-bond acceptors (Lipinski definition) is 3. The van der Waals surface area contributed by atoms with Gasteiger partial charge in [0, 0.05) is 18.8 Å². The van der Waals surface area contributed by atoms with Crippen LogP contribution in [0, 0.1) is 6.92 Å². The highest BCUT2D eigenvalue weighted by Gasteiger charge is 2.19. The summed E-state index contributed by atoms with van der Waals surface area (Å²) in [6.45, 7) is 3.57. The second kappa shape index (κ2) is 7.04. The van der Waals surface area contributed by atoms with Gasteiger partial charge in [0.05, 0.1) is 17.9 Å². The van der Waals surface area contributed by atoms with Gasteiger partial charge in [0.2, 0.25) is 5.91 Å². The minimum atomic E-state index is -0.311. The molecule has 6 nitrogen and oxygen atoms in total. The SMILES string of the molecule is Cc1cccc(NC(=O)Nc2ccccc2N2CCNC(=O)C2)c1. The smallest absolute Gasteiger partial charge is 0.323 e. The zero-order valence-electron chi connectivity index (χ0n) is 13.5. The van der Waals surface area contributed by atoms with Crippen LogP contribution in [-0.2, 0) is 4.79 Å². The van der Waals surface area contributed by atoms with Crippen LogP contribution in [0.3, 0.4) is 0 Å². The van der Waals surface area contributed by atoms with Gasteiger partial charge >= 0.3 is 6.03 Å². The molecule has 0 radical (unpaired) electrons. The maximum Gasteiger partial charge on any atom is 0.323 e. The van der Waals surface area contributed by atoms with Gasteiger partial charge in [-0.2, -0.15) is 0 Å². The molecule has 3 N–H and O–H groups in total. The number of hydrogen-bond donors (Lipinski definition) is 3. The number of carbonyl (C=O) groups is 2. The van der Waals surface area contributed by atoms with Gasteiger partial charge < -0.3 is 20.9 Å². The average Bonchev–Trinajstić information content (AvgIpc) is 2.55. The average molecular weight is 324 g/mol. The molecule has 6 heteroatoms. The molecule has 0 unspecified atom stereocenters. The summed E-state index contributed by atoms with van der Waals surface area (Å²) in [5, 5.41) is 8.49. The van der Waals surface area contributed by atoms with Crippen molar-refractivity contribution in [2.24, 2.45) is 0 Å². The molecular weight excluding hydrogens is 304 g/mol. The molecule has 0 saturated carbocycles. The van der Waals surface area contributed by atoms with E-state index >= 15 is 0 Å². The van der Waals surface area contributed by atoms with Crippen molar-refractivity contribution in [3.05, 3.63) is 54.1 Å². The minimum absolute atomic E-state index is 0.0136. The van der Waals surface area contributed by atoms with Crippen LogP contribution >= 0.6 is 0 Å². The van der Waals surface area contributed by atoms with Crippen molar-refractivity contribution < 1.29 is 9.59 Å². The van der Waals surface area contributed by atoms with Crippen molar-refractivity contribution in [3.8, 4) is 0 Å². The highest BCUT2D eigenvalue weighted by molar-refractivity contribution is 6.02. The van der Waals surface area contributed by atoms with Crippen LogP contribution in [0.1, 0.15) is 5.56 Å². The molecule has 0 aliphatic carbocycles. The van der Waals surface area contributed by atoms with Crippen molar-refractivity contribution >= 4 is 29.0 Å². The third kappa shape index (κ3) is 3.84.